The van der Waals surface area contributed by atoms with E-state index in [0.717, 1.165) is 0 Å². The van der Waals surface area contributed by atoms with Crippen LogP contribution in [0.3, 0.4) is 0 Å². The Morgan fingerprint density at radius 3 is 2.75 bits per heavy atom. The number of rotatable bonds is 5. The van der Waals surface area contributed by atoms with Crippen molar-refractivity contribution in [2.75, 3.05) is 36.5 Å². The van der Waals surface area contributed by atoms with E-state index in [0.29, 0.717) is 50.5 Å². The summed E-state index contributed by atoms with van der Waals surface area (Å²) in [5.41, 5.74) is 1.000. The molecular weight excluding hydrogens is 332 g/mol. The monoisotopic (exact) mass is 352 g/mol. The lowest BCUT2D eigenvalue weighted by Gasteiger charge is -2.28. The highest BCUT2D eigenvalue weighted by Gasteiger charge is 2.22. The maximum atomic E-state index is 11.5. The molecule has 1 aromatic carbocycles. The first-order valence-corrected chi connectivity index (χ1v) is 8.14. The van der Waals surface area contributed by atoms with Gasteiger partial charge in [0, 0.05) is 31.3 Å². The number of anilines is 2. The molecule has 1 amide bonds. The molecule has 9 heteroatoms. The topological polar surface area (TPSA) is 96.7 Å². The van der Waals surface area contributed by atoms with E-state index in [1.165, 1.54) is 6.07 Å². The van der Waals surface area contributed by atoms with Gasteiger partial charge in [0.15, 0.2) is 5.11 Å². The Morgan fingerprint density at radius 2 is 2.12 bits per heavy atom. The van der Waals surface area contributed by atoms with E-state index >= 15 is 0 Å². The van der Waals surface area contributed by atoms with Gasteiger partial charge in [-0.1, -0.05) is 6.92 Å². The fourth-order valence-electron chi connectivity index (χ4n) is 2.40. The van der Waals surface area contributed by atoms with Crippen LogP contribution in [0.15, 0.2) is 18.2 Å². The predicted molar refractivity (Wildman–Crippen MR) is 95.4 cm³/mol. The van der Waals surface area contributed by atoms with E-state index in [-0.39, 0.29) is 16.7 Å². The van der Waals surface area contributed by atoms with Crippen molar-refractivity contribution < 1.29 is 14.5 Å². The molecule has 0 aliphatic carbocycles. The minimum atomic E-state index is -0.422. The average Bonchev–Trinajstić information content (AvgIpc) is 2.55. The minimum absolute atomic E-state index is 0.00964. The third-order valence-electron chi connectivity index (χ3n) is 3.51. The molecule has 24 heavy (non-hydrogen) atoms. The van der Waals surface area contributed by atoms with Crippen LogP contribution in [0.5, 0.6) is 0 Å². The zero-order valence-corrected chi connectivity index (χ0v) is 14.2. The van der Waals surface area contributed by atoms with Gasteiger partial charge in [0.25, 0.3) is 5.69 Å². The van der Waals surface area contributed by atoms with Crippen LogP contribution in [0.2, 0.25) is 0 Å². The number of carbonyl (C=O) groups is 1. The summed E-state index contributed by atoms with van der Waals surface area (Å²) in [7, 11) is 0. The van der Waals surface area contributed by atoms with E-state index in [9.17, 15) is 14.9 Å². The molecule has 130 valence electrons. The Labute approximate surface area is 145 Å². The number of ether oxygens (including phenoxy) is 1. The molecule has 0 atom stereocenters. The Kier molecular flexibility index (Phi) is 6.44. The predicted octanol–water partition coefficient (Wildman–Crippen LogP) is 2.04. The lowest BCUT2D eigenvalue weighted by Crippen LogP contribution is -2.36. The average molecular weight is 352 g/mol. The van der Waals surface area contributed by atoms with Crippen LogP contribution in [-0.4, -0.2) is 42.2 Å². The summed E-state index contributed by atoms with van der Waals surface area (Å²) < 4.78 is 5.27. The van der Waals surface area contributed by atoms with Crippen LogP contribution >= 0.6 is 12.2 Å². The largest absolute Gasteiger partial charge is 0.378 e. The fourth-order valence-corrected chi connectivity index (χ4v) is 2.63. The van der Waals surface area contributed by atoms with Crippen LogP contribution in [-0.2, 0) is 9.53 Å². The number of morpholine rings is 1. The molecule has 1 fully saturated rings. The molecule has 0 radical (unpaired) electrons. The van der Waals surface area contributed by atoms with Crippen molar-refractivity contribution in [1.29, 1.82) is 0 Å². The summed E-state index contributed by atoms with van der Waals surface area (Å²) in [4.78, 5) is 24.4. The highest BCUT2D eigenvalue weighted by atomic mass is 32.1. The quantitative estimate of drug-likeness (QED) is 0.475. The molecule has 1 aromatic rings. The van der Waals surface area contributed by atoms with Gasteiger partial charge >= 0.3 is 0 Å². The van der Waals surface area contributed by atoms with Gasteiger partial charge in [-0.3, -0.25) is 14.9 Å². The maximum absolute atomic E-state index is 11.5. The van der Waals surface area contributed by atoms with Crippen molar-refractivity contribution in [3.63, 3.8) is 0 Å². The Hall–Kier alpha value is -2.26. The first-order chi connectivity index (χ1) is 11.5. The van der Waals surface area contributed by atoms with Crippen LogP contribution in [0, 0.1) is 10.1 Å². The van der Waals surface area contributed by atoms with E-state index in [1.54, 1.807) is 12.1 Å². The van der Waals surface area contributed by atoms with Gasteiger partial charge in [-0.05, 0) is 30.8 Å². The molecule has 8 nitrogen and oxygen atoms in total. The Morgan fingerprint density at radius 1 is 1.42 bits per heavy atom. The zero-order chi connectivity index (χ0) is 17.5. The summed E-state index contributed by atoms with van der Waals surface area (Å²) in [6.07, 6.45) is 1.09. The highest BCUT2D eigenvalue weighted by Crippen LogP contribution is 2.31. The number of amides is 1. The van der Waals surface area contributed by atoms with Gasteiger partial charge in [-0.2, -0.15) is 0 Å². The van der Waals surface area contributed by atoms with E-state index < -0.39 is 4.92 Å². The van der Waals surface area contributed by atoms with Gasteiger partial charge in [-0.25, -0.2) is 0 Å². The molecule has 0 bridgehead atoms. The molecule has 2 N–H and O–H groups in total. The highest BCUT2D eigenvalue weighted by molar-refractivity contribution is 7.80. The summed E-state index contributed by atoms with van der Waals surface area (Å²) in [5, 5.41) is 16.9. The second-order valence-corrected chi connectivity index (χ2v) is 5.72. The summed E-state index contributed by atoms with van der Waals surface area (Å²) >= 11 is 5.05. The van der Waals surface area contributed by atoms with E-state index in [4.69, 9.17) is 17.0 Å². The van der Waals surface area contributed by atoms with Gasteiger partial charge in [0.2, 0.25) is 5.91 Å². The number of thiocarbonyl (C=S) groups is 1. The summed E-state index contributed by atoms with van der Waals surface area (Å²) in [6, 6.07) is 4.81. The smallest absolute Gasteiger partial charge is 0.294 e. The van der Waals surface area contributed by atoms with Crippen LogP contribution < -0.4 is 15.5 Å². The van der Waals surface area contributed by atoms with Gasteiger partial charge < -0.3 is 20.3 Å². The number of nitro benzene ring substituents is 1. The molecule has 0 saturated carbocycles. The van der Waals surface area contributed by atoms with E-state index in [2.05, 4.69) is 10.6 Å². The number of benzene rings is 1. The third-order valence-corrected chi connectivity index (χ3v) is 3.72. The molecule has 1 aliphatic rings. The van der Waals surface area contributed by atoms with Crippen LogP contribution in [0.1, 0.15) is 19.8 Å². The molecule has 0 aromatic heterocycles. The van der Waals surface area contributed by atoms with Crippen molar-refractivity contribution in [3.05, 3.63) is 28.3 Å². The van der Waals surface area contributed by atoms with Crippen molar-refractivity contribution in [3.8, 4) is 0 Å². The molecule has 0 spiro atoms. The summed E-state index contributed by atoms with van der Waals surface area (Å²) in [5.74, 6) is -0.186. The standard InChI is InChI=1S/C15H20N4O4S/c1-2-3-14(20)17-15(24)16-11-4-5-12(13(10-11)19(21)22)18-6-8-23-9-7-18/h4-5,10H,2-3,6-9H2,1H3,(H2,16,17,20,24). The lowest BCUT2D eigenvalue weighted by atomic mass is 10.2. The third kappa shape index (κ3) is 4.87. The van der Waals surface area contributed by atoms with Crippen molar-refractivity contribution in [1.82, 2.24) is 5.32 Å². The van der Waals surface area contributed by atoms with Crippen LogP contribution in [0.4, 0.5) is 17.1 Å². The molecule has 1 aliphatic heterocycles. The van der Waals surface area contributed by atoms with Gasteiger partial charge in [0.05, 0.1) is 18.1 Å². The molecule has 0 unspecified atom stereocenters. The first kappa shape index (κ1) is 18.1. The van der Waals surface area contributed by atoms with Crippen LogP contribution in [0.25, 0.3) is 0 Å². The number of hydrogen-bond donors (Lipinski definition) is 2. The lowest BCUT2D eigenvalue weighted by molar-refractivity contribution is -0.384. The van der Waals surface area contributed by atoms with Crippen molar-refractivity contribution >= 4 is 40.3 Å². The normalized spacial score (nSPS) is 14.1. The second-order valence-electron chi connectivity index (χ2n) is 5.31. The van der Waals surface area contributed by atoms with Gasteiger partial charge in [0.1, 0.15) is 5.69 Å². The number of hydrogen-bond acceptors (Lipinski definition) is 6. The molecule has 1 saturated heterocycles. The fraction of sp³-hybridized carbons (Fsp3) is 0.467. The number of nitrogens with one attached hydrogen (secondary N) is 2. The number of carbonyl (C=O) groups excluding carboxylic acids is 1. The zero-order valence-electron chi connectivity index (χ0n) is 13.4. The second kappa shape index (κ2) is 8.55. The van der Waals surface area contributed by atoms with Gasteiger partial charge in [-0.15, -0.1) is 0 Å². The Balaban J connectivity index is 2.12. The maximum Gasteiger partial charge on any atom is 0.294 e. The molecule has 1 heterocycles. The first-order valence-electron chi connectivity index (χ1n) is 7.73. The number of nitro groups is 1. The summed E-state index contributed by atoms with van der Waals surface area (Å²) in [6.45, 7) is 4.21. The minimum Gasteiger partial charge on any atom is -0.378 e. The SMILES string of the molecule is CCCC(=O)NC(=S)Nc1ccc(N2CCOCC2)c([N+](=O)[O-])c1. The van der Waals surface area contributed by atoms with Crippen molar-refractivity contribution in [2.24, 2.45) is 0 Å². The Bertz CT molecular complexity index is 632. The molecular formula is C15H20N4O4S. The molecule has 2 rings (SSSR count). The van der Waals surface area contributed by atoms with Crippen molar-refractivity contribution in [2.45, 2.75) is 19.8 Å². The number of nitrogens with zero attached hydrogens (tertiary/aromatic N) is 2. The van der Waals surface area contributed by atoms with E-state index in [1.807, 2.05) is 11.8 Å².